The fourth-order valence-corrected chi connectivity index (χ4v) is 1.53. The van der Waals surface area contributed by atoms with E-state index < -0.39 is 0 Å². The van der Waals surface area contributed by atoms with Crippen molar-refractivity contribution in [1.82, 2.24) is 14.8 Å². The van der Waals surface area contributed by atoms with Crippen LogP contribution in [0, 0.1) is 0 Å². The maximum absolute atomic E-state index is 9.19. The van der Waals surface area contributed by atoms with Crippen LogP contribution in [-0.4, -0.2) is 27.0 Å². The molecule has 5 nitrogen and oxygen atoms in total. The molecule has 0 amide bonds. The van der Waals surface area contributed by atoms with Gasteiger partial charge >= 0.3 is 0 Å². The zero-order valence-electron chi connectivity index (χ0n) is 9.98. The van der Waals surface area contributed by atoms with Crippen molar-refractivity contribution in [1.29, 1.82) is 0 Å². The van der Waals surface area contributed by atoms with Gasteiger partial charge in [0.05, 0.1) is 0 Å². The molecule has 15 heavy (non-hydrogen) atoms. The summed E-state index contributed by atoms with van der Waals surface area (Å²) >= 11 is 0. The van der Waals surface area contributed by atoms with Crippen LogP contribution >= 0.6 is 0 Å². The molecule has 1 aromatic rings. The number of ether oxygens (including phenoxy) is 1. The third kappa shape index (κ3) is 2.35. The van der Waals surface area contributed by atoms with Crippen molar-refractivity contribution >= 4 is 0 Å². The smallest absolute Gasteiger partial charge is 0.162 e. The Balaban J connectivity index is 3.23. The Morgan fingerprint density at radius 1 is 1.40 bits per heavy atom. The largest absolute Gasteiger partial charge is 0.388 e. The van der Waals surface area contributed by atoms with Gasteiger partial charge in [-0.1, -0.05) is 0 Å². The Hall–Kier alpha value is -0.940. The van der Waals surface area contributed by atoms with E-state index in [-0.39, 0.29) is 18.2 Å². The summed E-state index contributed by atoms with van der Waals surface area (Å²) in [5, 5.41) is 17.2. The number of hydrogen-bond acceptors (Lipinski definition) is 4. The summed E-state index contributed by atoms with van der Waals surface area (Å²) in [6, 6.07) is 0. The summed E-state index contributed by atoms with van der Waals surface area (Å²) in [4.78, 5) is 0. The highest BCUT2D eigenvalue weighted by atomic mass is 16.5. The number of nitrogens with zero attached hydrogens (tertiary/aromatic N) is 3. The van der Waals surface area contributed by atoms with E-state index in [0.29, 0.717) is 5.82 Å². The van der Waals surface area contributed by atoms with Gasteiger partial charge in [0.15, 0.2) is 11.6 Å². The molecule has 0 aliphatic carbocycles. The second kappa shape index (κ2) is 4.28. The standard InChI is InChI=1S/C10H19N3O2/c1-7(15-5)9-12-11-8(6-14)13(9)10(2,3)4/h7,14H,6H2,1-5H3. The number of aromatic nitrogens is 3. The highest BCUT2D eigenvalue weighted by Crippen LogP contribution is 2.23. The van der Waals surface area contributed by atoms with Gasteiger partial charge in [-0.2, -0.15) is 0 Å². The number of rotatable bonds is 3. The molecule has 1 unspecified atom stereocenters. The summed E-state index contributed by atoms with van der Waals surface area (Å²) < 4.78 is 7.14. The van der Waals surface area contributed by atoms with E-state index in [0.717, 1.165) is 5.82 Å². The Kier molecular flexibility index (Phi) is 3.46. The third-order valence-electron chi connectivity index (χ3n) is 2.28. The lowest BCUT2D eigenvalue weighted by Gasteiger charge is -2.26. The van der Waals surface area contributed by atoms with Crippen LogP contribution in [0.25, 0.3) is 0 Å². The maximum Gasteiger partial charge on any atom is 0.162 e. The van der Waals surface area contributed by atoms with Crippen LogP contribution in [0.15, 0.2) is 0 Å². The second-order valence-corrected chi connectivity index (χ2v) is 4.52. The molecule has 1 heterocycles. The first kappa shape index (κ1) is 12.1. The van der Waals surface area contributed by atoms with Crippen LogP contribution in [-0.2, 0) is 16.9 Å². The molecule has 0 saturated heterocycles. The first-order valence-electron chi connectivity index (χ1n) is 5.00. The minimum absolute atomic E-state index is 0.110. The molecule has 5 heteroatoms. The fourth-order valence-electron chi connectivity index (χ4n) is 1.53. The van der Waals surface area contributed by atoms with Crippen molar-refractivity contribution in [2.24, 2.45) is 0 Å². The minimum Gasteiger partial charge on any atom is -0.388 e. The van der Waals surface area contributed by atoms with Crippen LogP contribution in [0.3, 0.4) is 0 Å². The van der Waals surface area contributed by atoms with Crippen molar-refractivity contribution in [2.75, 3.05) is 7.11 Å². The molecule has 0 saturated carbocycles. The van der Waals surface area contributed by atoms with Crippen LogP contribution in [0.4, 0.5) is 0 Å². The lowest BCUT2D eigenvalue weighted by atomic mass is 10.1. The van der Waals surface area contributed by atoms with Crippen LogP contribution < -0.4 is 0 Å². The highest BCUT2D eigenvalue weighted by molar-refractivity contribution is 5.02. The van der Waals surface area contributed by atoms with Gasteiger partial charge in [0.2, 0.25) is 0 Å². The maximum atomic E-state index is 9.19. The third-order valence-corrected chi connectivity index (χ3v) is 2.28. The van der Waals surface area contributed by atoms with E-state index >= 15 is 0 Å². The molecule has 1 N–H and O–H groups in total. The predicted octanol–water partition coefficient (Wildman–Crippen LogP) is 1.23. The topological polar surface area (TPSA) is 60.2 Å². The number of aliphatic hydroxyl groups is 1. The zero-order chi connectivity index (χ0) is 11.6. The van der Waals surface area contributed by atoms with Gasteiger partial charge in [0.25, 0.3) is 0 Å². The molecule has 86 valence electrons. The number of aliphatic hydroxyl groups excluding tert-OH is 1. The van der Waals surface area contributed by atoms with Crippen molar-refractivity contribution in [3.05, 3.63) is 11.6 Å². The summed E-state index contributed by atoms with van der Waals surface area (Å²) in [5.74, 6) is 1.32. The van der Waals surface area contributed by atoms with Crippen LogP contribution in [0.5, 0.6) is 0 Å². The molecule has 0 radical (unpaired) electrons. The molecular formula is C10H19N3O2. The molecular weight excluding hydrogens is 194 g/mol. The second-order valence-electron chi connectivity index (χ2n) is 4.52. The Morgan fingerprint density at radius 3 is 2.40 bits per heavy atom. The van der Waals surface area contributed by atoms with Crippen molar-refractivity contribution in [3.8, 4) is 0 Å². The Labute approximate surface area is 90.1 Å². The fraction of sp³-hybridized carbons (Fsp3) is 0.800. The highest BCUT2D eigenvalue weighted by Gasteiger charge is 2.25. The molecule has 0 spiro atoms. The molecule has 1 aromatic heterocycles. The van der Waals surface area contributed by atoms with Gasteiger partial charge in [-0.15, -0.1) is 10.2 Å². The molecule has 0 aliphatic rings. The molecule has 0 bridgehead atoms. The van der Waals surface area contributed by atoms with Crippen LogP contribution in [0.2, 0.25) is 0 Å². The summed E-state index contributed by atoms with van der Waals surface area (Å²) in [6.45, 7) is 7.93. The van der Waals surface area contributed by atoms with E-state index in [1.165, 1.54) is 0 Å². The van der Waals surface area contributed by atoms with E-state index in [4.69, 9.17) is 4.74 Å². The number of methoxy groups -OCH3 is 1. The molecule has 1 rings (SSSR count). The first-order chi connectivity index (χ1) is 6.91. The van der Waals surface area contributed by atoms with Crippen molar-refractivity contribution < 1.29 is 9.84 Å². The molecule has 0 fully saturated rings. The van der Waals surface area contributed by atoms with Gasteiger partial charge in [0, 0.05) is 12.6 Å². The summed E-state index contributed by atoms with van der Waals surface area (Å²) in [7, 11) is 1.63. The van der Waals surface area contributed by atoms with E-state index in [1.54, 1.807) is 7.11 Å². The molecule has 0 aliphatic heterocycles. The molecule has 1 atom stereocenters. The van der Waals surface area contributed by atoms with Crippen molar-refractivity contribution in [3.63, 3.8) is 0 Å². The average Bonchev–Trinajstić information content (AvgIpc) is 2.59. The van der Waals surface area contributed by atoms with Gasteiger partial charge in [-0.3, -0.25) is 0 Å². The van der Waals surface area contributed by atoms with E-state index in [1.807, 2.05) is 32.3 Å². The Morgan fingerprint density at radius 2 is 2.00 bits per heavy atom. The number of hydrogen-bond donors (Lipinski definition) is 1. The predicted molar refractivity (Wildman–Crippen MR) is 56.4 cm³/mol. The van der Waals surface area contributed by atoms with Crippen LogP contribution in [0.1, 0.15) is 45.4 Å². The summed E-state index contributed by atoms with van der Waals surface area (Å²) in [6.07, 6.45) is -0.128. The molecule has 0 aromatic carbocycles. The van der Waals surface area contributed by atoms with E-state index in [9.17, 15) is 5.11 Å². The van der Waals surface area contributed by atoms with Gasteiger partial charge in [-0.05, 0) is 27.7 Å². The SMILES string of the molecule is COC(C)c1nnc(CO)n1C(C)(C)C. The first-order valence-corrected chi connectivity index (χ1v) is 5.00. The van der Waals surface area contributed by atoms with E-state index in [2.05, 4.69) is 10.2 Å². The van der Waals surface area contributed by atoms with Gasteiger partial charge in [-0.25, -0.2) is 0 Å². The monoisotopic (exact) mass is 213 g/mol. The van der Waals surface area contributed by atoms with Gasteiger partial charge in [0.1, 0.15) is 12.7 Å². The zero-order valence-corrected chi connectivity index (χ0v) is 9.98. The Bertz CT molecular complexity index is 328. The summed E-state index contributed by atoms with van der Waals surface area (Å²) in [5.41, 5.74) is -0.163. The normalized spacial score (nSPS) is 14.3. The lowest BCUT2D eigenvalue weighted by molar-refractivity contribution is 0.103. The van der Waals surface area contributed by atoms with Gasteiger partial charge < -0.3 is 14.4 Å². The average molecular weight is 213 g/mol. The quantitative estimate of drug-likeness (QED) is 0.820. The lowest BCUT2D eigenvalue weighted by Crippen LogP contribution is -2.27. The minimum atomic E-state index is -0.163. The van der Waals surface area contributed by atoms with Crippen molar-refractivity contribution in [2.45, 2.75) is 45.9 Å².